The summed E-state index contributed by atoms with van der Waals surface area (Å²) in [6, 6.07) is 3.08. The van der Waals surface area contributed by atoms with Gasteiger partial charge in [-0.15, -0.1) is 0 Å². The second-order valence-corrected chi connectivity index (χ2v) is 7.05. The van der Waals surface area contributed by atoms with Crippen LogP contribution in [0.5, 0.6) is 0 Å². The predicted octanol–water partition coefficient (Wildman–Crippen LogP) is 1.16. The number of furan rings is 1. The SMILES string of the molecule is CC1(C)CCN(S(=O)(=O)c2ccc(CN)o2)C1. The largest absolute Gasteiger partial charge is 0.447 e. The van der Waals surface area contributed by atoms with Crippen LogP contribution in [0.15, 0.2) is 21.6 Å². The van der Waals surface area contributed by atoms with E-state index in [0.29, 0.717) is 18.8 Å². The molecule has 2 N–H and O–H groups in total. The van der Waals surface area contributed by atoms with Gasteiger partial charge in [0.1, 0.15) is 5.76 Å². The molecule has 0 amide bonds. The number of nitrogens with two attached hydrogens (primary N) is 1. The summed E-state index contributed by atoms with van der Waals surface area (Å²) in [6.07, 6.45) is 0.872. The summed E-state index contributed by atoms with van der Waals surface area (Å²) < 4.78 is 31.2. The molecule has 1 aliphatic heterocycles. The first-order valence-electron chi connectivity index (χ1n) is 5.64. The lowest BCUT2D eigenvalue weighted by Crippen LogP contribution is -2.30. The average Bonchev–Trinajstić information content (AvgIpc) is 2.84. The van der Waals surface area contributed by atoms with Gasteiger partial charge < -0.3 is 10.2 Å². The maximum absolute atomic E-state index is 12.2. The summed E-state index contributed by atoms with van der Waals surface area (Å²) in [5, 5.41) is -0.00403. The Kier molecular flexibility index (Phi) is 3.05. The second kappa shape index (κ2) is 4.12. The molecule has 17 heavy (non-hydrogen) atoms. The molecular formula is C11H18N2O3S. The molecule has 1 aliphatic rings. The van der Waals surface area contributed by atoms with E-state index in [4.69, 9.17) is 10.2 Å². The smallest absolute Gasteiger partial charge is 0.276 e. The lowest BCUT2D eigenvalue weighted by Gasteiger charge is -2.18. The lowest BCUT2D eigenvalue weighted by molar-refractivity contribution is 0.359. The Morgan fingerprint density at radius 1 is 1.47 bits per heavy atom. The van der Waals surface area contributed by atoms with Crippen LogP contribution in [0.25, 0.3) is 0 Å². The quantitative estimate of drug-likeness (QED) is 0.882. The number of rotatable bonds is 3. The third-order valence-corrected chi connectivity index (χ3v) is 4.79. The van der Waals surface area contributed by atoms with E-state index in [0.717, 1.165) is 6.42 Å². The molecule has 1 saturated heterocycles. The molecule has 2 heterocycles. The molecule has 2 rings (SSSR count). The van der Waals surface area contributed by atoms with Crippen molar-refractivity contribution < 1.29 is 12.8 Å². The molecule has 1 aromatic heterocycles. The maximum atomic E-state index is 12.2. The fourth-order valence-corrected chi connectivity index (χ4v) is 3.56. The summed E-state index contributed by atoms with van der Waals surface area (Å²) in [7, 11) is -3.49. The Labute approximate surface area is 102 Å². The normalized spacial score (nSPS) is 20.9. The van der Waals surface area contributed by atoms with Gasteiger partial charge in [0, 0.05) is 13.1 Å². The van der Waals surface area contributed by atoms with Crippen molar-refractivity contribution in [3.05, 3.63) is 17.9 Å². The van der Waals surface area contributed by atoms with Crippen LogP contribution < -0.4 is 5.73 Å². The summed E-state index contributed by atoms with van der Waals surface area (Å²) in [5.74, 6) is 0.488. The van der Waals surface area contributed by atoms with E-state index in [1.807, 2.05) is 0 Å². The monoisotopic (exact) mass is 258 g/mol. The van der Waals surface area contributed by atoms with Crippen LogP contribution in [-0.4, -0.2) is 25.8 Å². The molecule has 0 bridgehead atoms. The molecule has 6 heteroatoms. The molecule has 0 aromatic carbocycles. The van der Waals surface area contributed by atoms with E-state index in [2.05, 4.69) is 13.8 Å². The molecule has 0 radical (unpaired) electrons. The van der Waals surface area contributed by atoms with Crippen molar-refractivity contribution >= 4 is 10.0 Å². The fourth-order valence-electron chi connectivity index (χ4n) is 2.00. The zero-order valence-electron chi connectivity index (χ0n) is 10.1. The zero-order valence-corrected chi connectivity index (χ0v) is 11.0. The van der Waals surface area contributed by atoms with Gasteiger partial charge in [0.25, 0.3) is 10.0 Å². The topological polar surface area (TPSA) is 76.5 Å². The highest BCUT2D eigenvalue weighted by atomic mass is 32.2. The van der Waals surface area contributed by atoms with Crippen LogP contribution in [0.3, 0.4) is 0 Å². The summed E-state index contributed by atoms with van der Waals surface area (Å²) in [6.45, 7) is 5.43. The van der Waals surface area contributed by atoms with E-state index in [1.54, 1.807) is 6.07 Å². The maximum Gasteiger partial charge on any atom is 0.276 e. The van der Waals surface area contributed by atoms with Gasteiger partial charge in [0.15, 0.2) is 0 Å². The molecule has 5 nitrogen and oxygen atoms in total. The molecule has 1 aromatic rings. The van der Waals surface area contributed by atoms with Crippen LogP contribution in [0, 0.1) is 5.41 Å². The van der Waals surface area contributed by atoms with Crippen molar-refractivity contribution in [2.24, 2.45) is 11.1 Å². The minimum Gasteiger partial charge on any atom is -0.447 e. The van der Waals surface area contributed by atoms with Crippen molar-refractivity contribution in [2.45, 2.75) is 31.9 Å². The Bertz CT molecular complexity index is 505. The van der Waals surface area contributed by atoms with Crippen molar-refractivity contribution in [1.29, 1.82) is 0 Å². The Hall–Kier alpha value is -0.850. The van der Waals surface area contributed by atoms with E-state index >= 15 is 0 Å². The molecule has 0 aliphatic carbocycles. The molecule has 0 spiro atoms. The third kappa shape index (κ3) is 2.38. The van der Waals surface area contributed by atoms with Crippen molar-refractivity contribution in [2.75, 3.05) is 13.1 Å². The van der Waals surface area contributed by atoms with E-state index in [9.17, 15) is 8.42 Å². The third-order valence-electron chi connectivity index (χ3n) is 3.07. The van der Waals surface area contributed by atoms with Crippen LogP contribution in [0.2, 0.25) is 0 Å². The number of sulfonamides is 1. The molecule has 0 atom stereocenters. The first-order valence-corrected chi connectivity index (χ1v) is 7.08. The Balaban J connectivity index is 2.25. The predicted molar refractivity (Wildman–Crippen MR) is 63.8 cm³/mol. The van der Waals surface area contributed by atoms with Gasteiger partial charge in [-0.1, -0.05) is 13.8 Å². The van der Waals surface area contributed by atoms with Gasteiger partial charge in [0.2, 0.25) is 5.09 Å². The Morgan fingerprint density at radius 2 is 2.18 bits per heavy atom. The molecular weight excluding hydrogens is 240 g/mol. The standard InChI is InChI=1S/C11H18N2O3S/c1-11(2)5-6-13(8-11)17(14,15)10-4-3-9(7-12)16-10/h3-4H,5-8,12H2,1-2H3. The molecule has 1 fully saturated rings. The van der Waals surface area contributed by atoms with Crippen LogP contribution >= 0.6 is 0 Å². The molecule has 0 unspecified atom stereocenters. The van der Waals surface area contributed by atoms with Gasteiger partial charge >= 0.3 is 0 Å². The van der Waals surface area contributed by atoms with E-state index < -0.39 is 10.0 Å². The van der Waals surface area contributed by atoms with Crippen LogP contribution in [0.4, 0.5) is 0 Å². The van der Waals surface area contributed by atoms with Gasteiger partial charge in [-0.3, -0.25) is 0 Å². The lowest BCUT2D eigenvalue weighted by atomic mass is 9.93. The highest BCUT2D eigenvalue weighted by molar-refractivity contribution is 7.89. The van der Waals surface area contributed by atoms with Crippen molar-refractivity contribution in [1.82, 2.24) is 4.31 Å². The van der Waals surface area contributed by atoms with Crippen molar-refractivity contribution in [3.8, 4) is 0 Å². The van der Waals surface area contributed by atoms with E-state index in [-0.39, 0.29) is 17.1 Å². The van der Waals surface area contributed by atoms with Gasteiger partial charge in [-0.25, -0.2) is 8.42 Å². The summed E-state index contributed by atoms with van der Waals surface area (Å²) in [4.78, 5) is 0. The number of hydrogen-bond acceptors (Lipinski definition) is 4. The van der Waals surface area contributed by atoms with E-state index in [1.165, 1.54) is 10.4 Å². The number of hydrogen-bond donors (Lipinski definition) is 1. The average molecular weight is 258 g/mol. The van der Waals surface area contributed by atoms with Gasteiger partial charge in [0.05, 0.1) is 6.54 Å². The zero-order chi connectivity index (χ0) is 12.7. The summed E-state index contributed by atoms with van der Waals surface area (Å²) >= 11 is 0. The minimum absolute atomic E-state index is 0.00403. The fraction of sp³-hybridized carbons (Fsp3) is 0.636. The highest BCUT2D eigenvalue weighted by Gasteiger charge is 2.38. The minimum atomic E-state index is -3.49. The first-order chi connectivity index (χ1) is 7.85. The van der Waals surface area contributed by atoms with Gasteiger partial charge in [-0.2, -0.15) is 4.31 Å². The van der Waals surface area contributed by atoms with Crippen molar-refractivity contribution in [3.63, 3.8) is 0 Å². The number of nitrogens with zero attached hydrogens (tertiary/aromatic N) is 1. The Morgan fingerprint density at radius 3 is 2.65 bits per heavy atom. The van der Waals surface area contributed by atoms with Crippen LogP contribution in [0.1, 0.15) is 26.0 Å². The van der Waals surface area contributed by atoms with Gasteiger partial charge in [-0.05, 0) is 24.0 Å². The van der Waals surface area contributed by atoms with Crippen LogP contribution in [-0.2, 0) is 16.6 Å². The first kappa shape index (κ1) is 12.6. The molecule has 96 valence electrons. The summed E-state index contributed by atoms with van der Waals surface area (Å²) in [5.41, 5.74) is 5.44. The second-order valence-electron chi connectivity index (χ2n) is 5.18. The molecule has 0 saturated carbocycles. The highest BCUT2D eigenvalue weighted by Crippen LogP contribution is 2.33.